The van der Waals surface area contributed by atoms with Crippen molar-refractivity contribution in [3.63, 3.8) is 0 Å². The summed E-state index contributed by atoms with van der Waals surface area (Å²) in [4.78, 5) is 25.9. The van der Waals surface area contributed by atoms with Gasteiger partial charge in [0.1, 0.15) is 12.7 Å². The number of nitrogens with zero attached hydrogens (tertiary/aromatic N) is 1. The quantitative estimate of drug-likeness (QED) is 0.490. The van der Waals surface area contributed by atoms with Crippen molar-refractivity contribution in [2.75, 3.05) is 27.8 Å². The Morgan fingerprint density at radius 2 is 1.41 bits per heavy atom. The Morgan fingerprint density at radius 3 is 1.88 bits per heavy atom. The van der Waals surface area contributed by atoms with Gasteiger partial charge in [-0.05, 0) is 11.1 Å². The van der Waals surface area contributed by atoms with Gasteiger partial charge < -0.3 is 18.7 Å². The molecule has 0 saturated carbocycles. The second kappa shape index (κ2) is 9.04. The fourth-order valence-electron chi connectivity index (χ4n) is 5.36. The van der Waals surface area contributed by atoms with Crippen LogP contribution in [-0.2, 0) is 29.4 Å². The highest BCUT2D eigenvalue weighted by atomic mass is 16.6. The van der Waals surface area contributed by atoms with E-state index in [0.29, 0.717) is 23.2 Å². The van der Waals surface area contributed by atoms with Crippen LogP contribution in [0.3, 0.4) is 0 Å². The maximum atomic E-state index is 13.9. The van der Waals surface area contributed by atoms with Crippen LogP contribution in [0, 0.1) is 0 Å². The Hall–Kier alpha value is -2.70. The number of benzene rings is 2. The Bertz CT molecular complexity index is 888. The lowest BCUT2D eigenvalue weighted by Crippen LogP contribution is -2.56. The van der Waals surface area contributed by atoms with Crippen molar-refractivity contribution in [3.8, 4) is 0 Å². The van der Waals surface area contributed by atoms with E-state index in [2.05, 4.69) is 14.1 Å². The number of carbonyl (C=O) groups is 2. The molecule has 2 heterocycles. The molecule has 2 aliphatic rings. The second-order valence-corrected chi connectivity index (χ2v) is 9.29. The third-order valence-corrected chi connectivity index (χ3v) is 7.34. The molecule has 2 fully saturated rings. The molecule has 2 aromatic rings. The fourth-order valence-corrected chi connectivity index (χ4v) is 5.36. The molecule has 0 spiro atoms. The number of rotatable bonds is 7. The average Bonchev–Trinajstić information content (AvgIpc) is 2.96. The molecular weight excluding hydrogens is 406 g/mol. The highest BCUT2D eigenvalue weighted by Crippen LogP contribution is 2.42. The summed E-state index contributed by atoms with van der Waals surface area (Å²) >= 11 is 0. The maximum absolute atomic E-state index is 13.9. The number of ether oxygens (including phenoxy) is 3. The van der Waals surface area contributed by atoms with E-state index in [9.17, 15) is 9.59 Å². The Labute approximate surface area is 189 Å². The Balaban J connectivity index is 1.69. The molecule has 0 amide bonds. The summed E-state index contributed by atoms with van der Waals surface area (Å²) in [5, 5.41) is 0. The summed E-state index contributed by atoms with van der Waals surface area (Å²) in [5.74, 6) is -1.04. The van der Waals surface area contributed by atoms with Crippen LogP contribution in [0.5, 0.6) is 0 Å². The molecule has 170 valence electrons. The van der Waals surface area contributed by atoms with Crippen LogP contribution in [0.25, 0.3) is 0 Å². The number of hydrogen-bond acceptors (Lipinski definition) is 5. The summed E-state index contributed by atoms with van der Waals surface area (Å²) < 4.78 is 18.1. The van der Waals surface area contributed by atoms with Gasteiger partial charge in [0.15, 0.2) is 0 Å². The predicted octanol–water partition coefficient (Wildman–Crippen LogP) is 3.43. The minimum atomic E-state index is -1.56. The maximum Gasteiger partial charge on any atom is 0.348 e. The van der Waals surface area contributed by atoms with Crippen molar-refractivity contribution in [2.24, 2.45) is 0 Å². The van der Waals surface area contributed by atoms with E-state index >= 15 is 0 Å². The SMILES string of the molecule is COC(=O)COC(C(=O)OC1C[C@H]2CC[C@@H](C1)[N+]2(C)C)(c1ccccc1)c1ccccc1. The highest BCUT2D eigenvalue weighted by molar-refractivity contribution is 5.86. The summed E-state index contributed by atoms with van der Waals surface area (Å²) in [6.45, 7) is -0.366. The van der Waals surface area contributed by atoms with Gasteiger partial charge in [0, 0.05) is 25.7 Å². The van der Waals surface area contributed by atoms with Gasteiger partial charge in [0.2, 0.25) is 5.60 Å². The van der Waals surface area contributed by atoms with Crippen molar-refractivity contribution in [1.82, 2.24) is 0 Å². The lowest BCUT2D eigenvalue weighted by atomic mass is 9.85. The third kappa shape index (κ3) is 4.05. The van der Waals surface area contributed by atoms with Crippen LogP contribution < -0.4 is 0 Å². The molecule has 4 rings (SSSR count). The van der Waals surface area contributed by atoms with E-state index in [4.69, 9.17) is 14.2 Å². The third-order valence-electron chi connectivity index (χ3n) is 7.34. The molecule has 0 radical (unpaired) electrons. The van der Waals surface area contributed by atoms with Gasteiger partial charge in [0.05, 0.1) is 33.3 Å². The molecule has 3 atom stereocenters. The second-order valence-electron chi connectivity index (χ2n) is 9.29. The lowest BCUT2D eigenvalue weighted by molar-refractivity contribution is -0.931. The van der Waals surface area contributed by atoms with Crippen LogP contribution in [0.4, 0.5) is 0 Å². The number of methoxy groups -OCH3 is 1. The highest BCUT2D eigenvalue weighted by Gasteiger charge is 2.52. The molecule has 0 aliphatic carbocycles. The van der Waals surface area contributed by atoms with Crippen molar-refractivity contribution in [2.45, 2.75) is 49.5 Å². The number of carbonyl (C=O) groups excluding carboxylic acids is 2. The zero-order valence-electron chi connectivity index (χ0n) is 19.0. The molecule has 0 aromatic heterocycles. The van der Waals surface area contributed by atoms with E-state index in [0.717, 1.165) is 30.2 Å². The largest absolute Gasteiger partial charge is 0.467 e. The van der Waals surface area contributed by atoms with Crippen LogP contribution in [0.2, 0.25) is 0 Å². The molecule has 32 heavy (non-hydrogen) atoms. The molecule has 1 unspecified atom stereocenters. The summed E-state index contributed by atoms with van der Waals surface area (Å²) in [5.41, 5.74) is -0.317. The Morgan fingerprint density at radius 1 is 0.906 bits per heavy atom. The zero-order chi connectivity index (χ0) is 22.8. The van der Waals surface area contributed by atoms with Crippen LogP contribution >= 0.6 is 0 Å². The predicted molar refractivity (Wildman–Crippen MR) is 120 cm³/mol. The standard InChI is InChI=1S/C26H32NO5/c1-27(2)21-14-15-22(27)17-23(16-21)32-25(29)26(31-18-24(28)30-3,19-10-6-4-7-11-19)20-12-8-5-9-13-20/h4-13,21-23H,14-18H2,1-3H3/q+1/t21-,22+,23?. The number of piperidine rings is 1. The topological polar surface area (TPSA) is 61.8 Å². The smallest absolute Gasteiger partial charge is 0.348 e. The molecule has 6 nitrogen and oxygen atoms in total. The molecule has 2 saturated heterocycles. The fraction of sp³-hybridized carbons (Fsp3) is 0.462. The number of hydrogen-bond donors (Lipinski definition) is 0. The van der Waals surface area contributed by atoms with Gasteiger partial charge in [-0.25, -0.2) is 9.59 Å². The minimum absolute atomic E-state index is 0.167. The molecule has 2 aliphatic heterocycles. The van der Waals surface area contributed by atoms with Crippen molar-refractivity contribution < 1.29 is 28.3 Å². The molecule has 2 bridgehead atoms. The average molecular weight is 439 g/mol. The normalized spacial score (nSPS) is 24.0. The van der Waals surface area contributed by atoms with E-state index in [1.165, 1.54) is 7.11 Å². The van der Waals surface area contributed by atoms with Crippen molar-refractivity contribution >= 4 is 11.9 Å². The van der Waals surface area contributed by atoms with Crippen LogP contribution in [0.1, 0.15) is 36.8 Å². The van der Waals surface area contributed by atoms with Crippen molar-refractivity contribution in [3.05, 3.63) is 71.8 Å². The van der Waals surface area contributed by atoms with E-state index < -0.39 is 17.5 Å². The first-order valence-electron chi connectivity index (χ1n) is 11.2. The van der Waals surface area contributed by atoms with Crippen LogP contribution in [-0.4, -0.2) is 62.4 Å². The molecule has 0 N–H and O–H groups in total. The first kappa shape index (κ1) is 22.5. The van der Waals surface area contributed by atoms with E-state index in [1.54, 1.807) is 0 Å². The number of esters is 2. The van der Waals surface area contributed by atoms with Gasteiger partial charge in [-0.2, -0.15) is 0 Å². The minimum Gasteiger partial charge on any atom is -0.467 e. The number of fused-ring (bicyclic) bond motifs is 2. The first-order chi connectivity index (χ1) is 15.4. The monoisotopic (exact) mass is 438 g/mol. The van der Waals surface area contributed by atoms with Gasteiger partial charge in [0.25, 0.3) is 0 Å². The van der Waals surface area contributed by atoms with Crippen molar-refractivity contribution in [1.29, 1.82) is 0 Å². The van der Waals surface area contributed by atoms with Gasteiger partial charge in [-0.15, -0.1) is 0 Å². The molecule has 6 heteroatoms. The van der Waals surface area contributed by atoms with Gasteiger partial charge in [-0.1, -0.05) is 60.7 Å². The summed E-state index contributed by atoms with van der Waals surface area (Å²) in [7, 11) is 5.85. The molecular formula is C26H32NO5+. The van der Waals surface area contributed by atoms with Gasteiger partial charge in [-0.3, -0.25) is 0 Å². The lowest BCUT2D eigenvalue weighted by Gasteiger charge is -2.44. The number of quaternary nitrogens is 1. The van der Waals surface area contributed by atoms with E-state index in [-0.39, 0.29) is 12.7 Å². The van der Waals surface area contributed by atoms with E-state index in [1.807, 2.05) is 60.7 Å². The summed E-state index contributed by atoms with van der Waals surface area (Å²) in [6, 6.07) is 19.5. The first-order valence-corrected chi connectivity index (χ1v) is 11.2. The summed E-state index contributed by atoms with van der Waals surface area (Å²) in [6.07, 6.45) is 3.83. The van der Waals surface area contributed by atoms with Gasteiger partial charge >= 0.3 is 11.9 Å². The van der Waals surface area contributed by atoms with Crippen LogP contribution in [0.15, 0.2) is 60.7 Å². The molecule has 2 aromatic carbocycles. The zero-order valence-corrected chi connectivity index (χ0v) is 19.0. The Kier molecular flexibility index (Phi) is 6.35.